The maximum atomic E-state index is 12.4. The molecular weight excluding hydrogens is 228 g/mol. The highest BCUT2D eigenvalue weighted by Crippen LogP contribution is 2.27. The summed E-state index contributed by atoms with van der Waals surface area (Å²) in [5, 5.41) is 8.30. The van der Waals surface area contributed by atoms with Crippen LogP contribution in [0.2, 0.25) is 5.15 Å². The smallest absolute Gasteiger partial charge is 0.266 e. The van der Waals surface area contributed by atoms with Crippen LogP contribution in [0.5, 0.6) is 0 Å². The average Bonchev–Trinajstić information content (AvgIpc) is 2.16. The van der Waals surface area contributed by atoms with Crippen molar-refractivity contribution in [2.24, 2.45) is 5.73 Å². The topological polar surface area (TPSA) is 79.8 Å². The molecular formula is C8H4ClF2N3O. The zero-order valence-electron chi connectivity index (χ0n) is 7.17. The summed E-state index contributed by atoms with van der Waals surface area (Å²) >= 11 is 5.46. The van der Waals surface area contributed by atoms with Crippen LogP contribution >= 0.6 is 11.6 Å². The highest BCUT2D eigenvalue weighted by molar-refractivity contribution is 6.31. The lowest BCUT2D eigenvalue weighted by Crippen LogP contribution is -2.17. The predicted octanol–water partition coefficient (Wildman–Crippen LogP) is 1.64. The van der Waals surface area contributed by atoms with Gasteiger partial charge in [0.1, 0.15) is 16.8 Å². The standard InChI is InChI=1S/C8H4ClF2N3O/c9-6-3(1-12)5(8(13)15)4(2-14-6)7(10)11/h2,7H,(H2,13,15). The van der Waals surface area contributed by atoms with Crippen molar-refractivity contribution in [2.75, 3.05) is 0 Å². The Morgan fingerprint density at radius 2 is 2.27 bits per heavy atom. The molecule has 1 aromatic rings. The van der Waals surface area contributed by atoms with E-state index < -0.39 is 29.0 Å². The van der Waals surface area contributed by atoms with Crippen LogP contribution in [0.25, 0.3) is 0 Å². The summed E-state index contributed by atoms with van der Waals surface area (Å²) in [5.74, 6) is -1.13. The van der Waals surface area contributed by atoms with Gasteiger partial charge in [0.15, 0.2) is 0 Å². The van der Waals surface area contributed by atoms with E-state index in [0.717, 1.165) is 6.20 Å². The zero-order chi connectivity index (χ0) is 11.6. The molecule has 0 saturated carbocycles. The van der Waals surface area contributed by atoms with Gasteiger partial charge in [-0.1, -0.05) is 11.6 Å². The van der Waals surface area contributed by atoms with Gasteiger partial charge in [-0.25, -0.2) is 13.8 Å². The van der Waals surface area contributed by atoms with Crippen molar-refractivity contribution in [3.63, 3.8) is 0 Å². The number of nitrogens with zero attached hydrogens (tertiary/aromatic N) is 2. The van der Waals surface area contributed by atoms with E-state index in [0.29, 0.717) is 0 Å². The van der Waals surface area contributed by atoms with Crippen molar-refractivity contribution in [3.8, 4) is 6.07 Å². The van der Waals surface area contributed by atoms with Gasteiger partial charge in [-0.3, -0.25) is 4.79 Å². The fraction of sp³-hybridized carbons (Fsp3) is 0.125. The molecule has 0 aliphatic heterocycles. The molecule has 15 heavy (non-hydrogen) atoms. The van der Waals surface area contributed by atoms with Crippen LogP contribution in [0.3, 0.4) is 0 Å². The highest BCUT2D eigenvalue weighted by atomic mass is 35.5. The predicted molar refractivity (Wildman–Crippen MR) is 47.4 cm³/mol. The van der Waals surface area contributed by atoms with Crippen molar-refractivity contribution < 1.29 is 13.6 Å². The SMILES string of the molecule is N#Cc1c(Cl)ncc(C(F)F)c1C(N)=O. The highest BCUT2D eigenvalue weighted by Gasteiger charge is 2.23. The fourth-order valence-corrected chi connectivity index (χ4v) is 1.22. The molecule has 1 rings (SSSR count). The van der Waals surface area contributed by atoms with Gasteiger partial charge in [0.25, 0.3) is 12.3 Å². The number of carbonyl (C=O) groups is 1. The Labute approximate surface area is 88.3 Å². The average molecular weight is 232 g/mol. The number of carbonyl (C=O) groups excluding carboxylic acids is 1. The molecule has 7 heteroatoms. The number of amides is 1. The number of aromatic nitrogens is 1. The lowest BCUT2D eigenvalue weighted by Gasteiger charge is -2.07. The zero-order valence-corrected chi connectivity index (χ0v) is 7.92. The molecule has 0 fully saturated rings. The van der Waals surface area contributed by atoms with E-state index in [2.05, 4.69) is 4.98 Å². The van der Waals surface area contributed by atoms with Crippen LogP contribution < -0.4 is 5.73 Å². The molecule has 0 atom stereocenters. The Morgan fingerprint density at radius 1 is 1.67 bits per heavy atom. The molecule has 4 nitrogen and oxygen atoms in total. The molecule has 1 aromatic heterocycles. The van der Waals surface area contributed by atoms with Crippen LogP contribution in [-0.4, -0.2) is 10.9 Å². The third kappa shape index (κ3) is 2.02. The Bertz CT molecular complexity index is 456. The largest absolute Gasteiger partial charge is 0.366 e. The number of alkyl halides is 2. The molecule has 78 valence electrons. The second-order valence-corrected chi connectivity index (χ2v) is 2.89. The monoisotopic (exact) mass is 231 g/mol. The molecule has 0 unspecified atom stereocenters. The normalized spacial score (nSPS) is 10.1. The number of rotatable bonds is 2. The number of pyridine rings is 1. The van der Waals surface area contributed by atoms with Crippen LogP contribution in [0.4, 0.5) is 8.78 Å². The number of nitriles is 1. The molecule has 0 spiro atoms. The Hall–Kier alpha value is -1.74. The molecule has 0 aliphatic rings. The minimum absolute atomic E-state index is 0.323. The van der Waals surface area contributed by atoms with E-state index in [9.17, 15) is 13.6 Å². The van der Waals surface area contributed by atoms with E-state index in [-0.39, 0.29) is 5.15 Å². The molecule has 1 amide bonds. The van der Waals surface area contributed by atoms with Gasteiger partial charge in [-0.2, -0.15) is 5.26 Å². The molecule has 2 N–H and O–H groups in total. The summed E-state index contributed by atoms with van der Waals surface area (Å²) in [7, 11) is 0. The molecule has 0 aliphatic carbocycles. The van der Waals surface area contributed by atoms with Gasteiger partial charge in [-0.05, 0) is 0 Å². The number of primary amides is 1. The quantitative estimate of drug-likeness (QED) is 0.786. The van der Waals surface area contributed by atoms with Crippen molar-refractivity contribution in [1.29, 1.82) is 5.26 Å². The van der Waals surface area contributed by atoms with Gasteiger partial charge in [0.05, 0.1) is 11.1 Å². The number of nitrogens with two attached hydrogens (primary N) is 1. The third-order valence-corrected chi connectivity index (χ3v) is 1.94. The first kappa shape index (κ1) is 11.3. The van der Waals surface area contributed by atoms with Gasteiger partial charge in [0, 0.05) is 6.20 Å². The summed E-state index contributed by atoms with van der Waals surface area (Å²) in [5.41, 5.74) is 3.19. The minimum atomic E-state index is -2.94. The second kappa shape index (κ2) is 4.19. The first-order valence-electron chi connectivity index (χ1n) is 3.65. The van der Waals surface area contributed by atoms with E-state index in [1.54, 1.807) is 0 Å². The summed E-state index contributed by atoms with van der Waals surface area (Å²) in [6.07, 6.45) is -2.21. The van der Waals surface area contributed by atoms with E-state index in [1.165, 1.54) is 6.07 Å². The van der Waals surface area contributed by atoms with Gasteiger partial charge in [-0.15, -0.1) is 0 Å². The van der Waals surface area contributed by atoms with Crippen molar-refractivity contribution in [2.45, 2.75) is 6.43 Å². The molecule has 0 radical (unpaired) electrons. The number of halogens is 3. The van der Waals surface area contributed by atoms with Crippen molar-refractivity contribution in [3.05, 3.63) is 28.0 Å². The first-order valence-corrected chi connectivity index (χ1v) is 4.03. The van der Waals surface area contributed by atoms with E-state index in [1.807, 2.05) is 0 Å². The van der Waals surface area contributed by atoms with Gasteiger partial charge in [0.2, 0.25) is 0 Å². The van der Waals surface area contributed by atoms with Gasteiger partial charge >= 0.3 is 0 Å². The second-order valence-electron chi connectivity index (χ2n) is 2.53. The lowest BCUT2D eigenvalue weighted by molar-refractivity contribution is 0.0985. The molecule has 0 aromatic carbocycles. The molecule has 0 bridgehead atoms. The number of hydrogen-bond acceptors (Lipinski definition) is 3. The summed E-state index contributed by atoms with van der Waals surface area (Å²) in [4.78, 5) is 14.3. The van der Waals surface area contributed by atoms with Crippen molar-refractivity contribution in [1.82, 2.24) is 4.98 Å². The Kier molecular flexibility index (Phi) is 3.17. The summed E-state index contributed by atoms with van der Waals surface area (Å²) in [6.45, 7) is 0. The first-order chi connectivity index (χ1) is 6.99. The van der Waals surface area contributed by atoms with Crippen LogP contribution in [-0.2, 0) is 0 Å². The summed E-state index contributed by atoms with van der Waals surface area (Å²) < 4.78 is 24.9. The van der Waals surface area contributed by atoms with Gasteiger partial charge < -0.3 is 5.73 Å². The molecule has 1 heterocycles. The maximum absolute atomic E-state index is 12.4. The van der Waals surface area contributed by atoms with Crippen LogP contribution in [0, 0.1) is 11.3 Å². The third-order valence-electron chi connectivity index (χ3n) is 1.66. The number of hydrogen-bond donors (Lipinski definition) is 1. The van der Waals surface area contributed by atoms with E-state index >= 15 is 0 Å². The van der Waals surface area contributed by atoms with E-state index in [4.69, 9.17) is 22.6 Å². The maximum Gasteiger partial charge on any atom is 0.266 e. The summed E-state index contributed by atoms with van der Waals surface area (Å²) in [6, 6.07) is 1.51. The van der Waals surface area contributed by atoms with Crippen LogP contribution in [0.1, 0.15) is 27.9 Å². The lowest BCUT2D eigenvalue weighted by atomic mass is 10.1. The molecule has 0 saturated heterocycles. The van der Waals surface area contributed by atoms with Crippen molar-refractivity contribution >= 4 is 17.5 Å². The Morgan fingerprint density at radius 3 is 2.67 bits per heavy atom. The minimum Gasteiger partial charge on any atom is -0.366 e. The van der Waals surface area contributed by atoms with Crippen LogP contribution in [0.15, 0.2) is 6.20 Å². The Balaban J connectivity index is 3.58. The fourth-order valence-electron chi connectivity index (χ4n) is 1.04.